The van der Waals surface area contributed by atoms with Gasteiger partial charge in [0.1, 0.15) is 17.2 Å². The number of hydrogen-bond donors (Lipinski definition) is 2. The fourth-order valence-electron chi connectivity index (χ4n) is 3.51. The van der Waals surface area contributed by atoms with Gasteiger partial charge in [0.2, 0.25) is 5.91 Å². The highest BCUT2D eigenvalue weighted by molar-refractivity contribution is 6.06. The number of nitrogens with one attached hydrogen (secondary N) is 1. The Morgan fingerprint density at radius 3 is 2.63 bits per heavy atom. The minimum atomic E-state index is -0.461. The number of pyridine rings is 1. The van der Waals surface area contributed by atoms with Gasteiger partial charge in [0, 0.05) is 23.2 Å². The summed E-state index contributed by atoms with van der Waals surface area (Å²) in [6, 6.07) is 14.3. The summed E-state index contributed by atoms with van der Waals surface area (Å²) in [4.78, 5) is 28.3. The Labute approximate surface area is 201 Å². The number of rotatable bonds is 10. The van der Waals surface area contributed by atoms with Gasteiger partial charge in [0.05, 0.1) is 51.2 Å². The van der Waals surface area contributed by atoms with Crippen LogP contribution in [0.15, 0.2) is 60.9 Å². The van der Waals surface area contributed by atoms with Crippen LogP contribution in [-0.4, -0.2) is 47.4 Å². The van der Waals surface area contributed by atoms with Gasteiger partial charge in [-0.1, -0.05) is 12.1 Å². The van der Waals surface area contributed by atoms with Crippen LogP contribution < -0.4 is 25.3 Å². The van der Waals surface area contributed by atoms with Crippen LogP contribution in [-0.2, 0) is 11.3 Å². The third kappa shape index (κ3) is 5.49. The molecule has 0 bridgehead atoms. The van der Waals surface area contributed by atoms with Crippen LogP contribution in [0.25, 0.3) is 11.0 Å². The maximum atomic E-state index is 12.9. The van der Waals surface area contributed by atoms with E-state index < -0.39 is 5.91 Å². The molecule has 10 nitrogen and oxygen atoms in total. The molecule has 2 aromatic heterocycles. The highest BCUT2D eigenvalue weighted by Gasteiger charge is 2.14. The van der Waals surface area contributed by atoms with E-state index in [9.17, 15) is 9.59 Å². The molecule has 0 spiro atoms. The topological polar surface area (TPSA) is 131 Å². The molecule has 2 amide bonds. The van der Waals surface area contributed by atoms with E-state index >= 15 is 0 Å². The van der Waals surface area contributed by atoms with Crippen LogP contribution in [0.5, 0.6) is 17.2 Å². The van der Waals surface area contributed by atoms with E-state index in [2.05, 4.69) is 15.4 Å². The van der Waals surface area contributed by atoms with E-state index in [4.69, 9.17) is 19.9 Å². The number of primary amides is 1. The first-order valence-corrected chi connectivity index (χ1v) is 10.8. The van der Waals surface area contributed by atoms with Crippen molar-refractivity contribution in [3.63, 3.8) is 0 Å². The molecule has 2 heterocycles. The maximum absolute atomic E-state index is 12.9. The Hall–Kier alpha value is -4.60. The maximum Gasteiger partial charge on any atom is 0.257 e. The molecule has 0 aliphatic rings. The first kappa shape index (κ1) is 23.6. The molecule has 0 saturated heterocycles. The molecule has 0 radical (unpaired) electrons. The van der Waals surface area contributed by atoms with Gasteiger partial charge in [-0.15, -0.1) is 0 Å². The highest BCUT2D eigenvalue weighted by Crippen LogP contribution is 2.27. The van der Waals surface area contributed by atoms with Crippen molar-refractivity contribution in [1.29, 1.82) is 0 Å². The minimum absolute atomic E-state index is 0.0786. The van der Waals surface area contributed by atoms with Crippen LogP contribution in [0.2, 0.25) is 0 Å². The third-order valence-electron chi connectivity index (χ3n) is 5.29. The van der Waals surface area contributed by atoms with Crippen LogP contribution >= 0.6 is 0 Å². The predicted molar refractivity (Wildman–Crippen MR) is 130 cm³/mol. The average Bonchev–Trinajstić information content (AvgIpc) is 3.27. The summed E-state index contributed by atoms with van der Waals surface area (Å²) in [5.74, 6) is 1.01. The fraction of sp³-hybridized carbons (Fsp3) is 0.200. The quantitative estimate of drug-likeness (QED) is 0.360. The summed E-state index contributed by atoms with van der Waals surface area (Å²) >= 11 is 0. The van der Waals surface area contributed by atoms with Crippen molar-refractivity contribution in [2.45, 2.75) is 13.0 Å². The Balaban J connectivity index is 1.51. The van der Waals surface area contributed by atoms with E-state index in [0.717, 1.165) is 10.9 Å². The zero-order valence-corrected chi connectivity index (χ0v) is 19.4. The molecule has 3 N–H and O–H groups in total. The van der Waals surface area contributed by atoms with Crippen molar-refractivity contribution in [3.05, 3.63) is 72.1 Å². The summed E-state index contributed by atoms with van der Waals surface area (Å²) < 4.78 is 18.1. The second-order valence-electron chi connectivity index (χ2n) is 7.63. The number of aromatic nitrogens is 3. The number of carbonyl (C=O) groups is 2. The smallest absolute Gasteiger partial charge is 0.257 e. The molecule has 4 aromatic rings. The van der Waals surface area contributed by atoms with Gasteiger partial charge >= 0.3 is 0 Å². The lowest BCUT2D eigenvalue weighted by atomic mass is 10.2. The first-order chi connectivity index (χ1) is 17.0. The molecule has 2 aromatic carbocycles. The molecular weight excluding hydrogens is 450 g/mol. The van der Waals surface area contributed by atoms with E-state index in [-0.39, 0.29) is 18.9 Å². The lowest BCUT2D eigenvalue weighted by molar-refractivity contribution is -0.118. The highest BCUT2D eigenvalue weighted by atomic mass is 16.5. The van der Waals surface area contributed by atoms with Gasteiger partial charge in [-0.25, -0.2) is 9.67 Å². The van der Waals surface area contributed by atoms with Crippen LogP contribution in [0.4, 0.5) is 5.69 Å². The molecule has 35 heavy (non-hydrogen) atoms. The molecule has 10 heteroatoms. The number of carbonyl (C=O) groups excluding carboxylic acids is 2. The number of ether oxygens (including phenoxy) is 3. The second-order valence-corrected chi connectivity index (χ2v) is 7.63. The summed E-state index contributed by atoms with van der Waals surface area (Å²) in [6.45, 7) is 0.555. The zero-order valence-electron chi connectivity index (χ0n) is 19.4. The summed E-state index contributed by atoms with van der Waals surface area (Å²) in [5, 5.41) is 7.98. The largest absolute Gasteiger partial charge is 0.497 e. The molecule has 0 unspecified atom stereocenters. The Morgan fingerprint density at radius 1 is 1.03 bits per heavy atom. The normalized spacial score (nSPS) is 10.7. The fourth-order valence-corrected chi connectivity index (χ4v) is 3.51. The molecule has 0 atom stereocenters. The van der Waals surface area contributed by atoms with Crippen molar-refractivity contribution in [2.75, 3.05) is 26.1 Å². The predicted octanol–water partition coefficient (Wildman–Crippen LogP) is 3.00. The summed E-state index contributed by atoms with van der Waals surface area (Å²) in [7, 11) is 3.20. The number of methoxy groups -OCH3 is 2. The summed E-state index contributed by atoms with van der Waals surface area (Å²) in [6.07, 6.45) is 3.24. The number of nitrogens with two attached hydrogens (primary N) is 1. The van der Waals surface area contributed by atoms with Gasteiger partial charge in [-0.05, 0) is 30.3 Å². The number of para-hydroxylation sites is 2. The molecule has 0 aliphatic heterocycles. The Kier molecular flexibility index (Phi) is 7.10. The first-order valence-electron chi connectivity index (χ1n) is 10.8. The van der Waals surface area contributed by atoms with Crippen LogP contribution in [0.1, 0.15) is 22.3 Å². The Morgan fingerprint density at radius 2 is 1.86 bits per heavy atom. The molecule has 4 rings (SSSR count). The Bertz CT molecular complexity index is 1370. The van der Waals surface area contributed by atoms with Crippen LogP contribution in [0, 0.1) is 0 Å². The lowest BCUT2D eigenvalue weighted by Gasteiger charge is -2.12. The SMILES string of the molecule is COc1ccc(Cn2ncc3cc(C(=O)Nc4ccccc4OCCC(N)=O)cnc32)c(OC)c1. The van der Waals surface area contributed by atoms with Gasteiger partial charge < -0.3 is 25.3 Å². The standard InChI is InChI=1S/C25H25N5O5/c1-33-19-8-7-16(22(12-19)34-2)15-30-24-17(14-28-30)11-18(13-27-24)25(32)29-20-5-3-4-6-21(20)35-10-9-23(26)31/h3-8,11-14H,9-10,15H2,1-2H3,(H2,26,31)(H,29,32). The van der Waals surface area contributed by atoms with Crippen molar-refractivity contribution >= 4 is 28.5 Å². The lowest BCUT2D eigenvalue weighted by Crippen LogP contribution is -2.16. The monoisotopic (exact) mass is 475 g/mol. The van der Waals surface area contributed by atoms with Crippen molar-refractivity contribution in [2.24, 2.45) is 5.73 Å². The number of anilines is 1. The van der Waals surface area contributed by atoms with Crippen molar-refractivity contribution in [3.8, 4) is 17.2 Å². The summed E-state index contributed by atoms with van der Waals surface area (Å²) in [5.41, 5.74) is 7.54. The third-order valence-corrected chi connectivity index (χ3v) is 5.29. The number of fused-ring (bicyclic) bond motifs is 1. The number of hydrogen-bond acceptors (Lipinski definition) is 7. The minimum Gasteiger partial charge on any atom is -0.497 e. The van der Waals surface area contributed by atoms with E-state index in [0.29, 0.717) is 40.7 Å². The molecule has 0 aliphatic carbocycles. The molecule has 0 saturated carbocycles. The second kappa shape index (κ2) is 10.6. The van der Waals surface area contributed by atoms with Gasteiger partial charge in [-0.3, -0.25) is 9.59 Å². The van der Waals surface area contributed by atoms with E-state index in [1.807, 2.05) is 18.2 Å². The van der Waals surface area contributed by atoms with Gasteiger partial charge in [0.25, 0.3) is 5.91 Å². The van der Waals surface area contributed by atoms with Crippen LogP contribution in [0.3, 0.4) is 0 Å². The van der Waals surface area contributed by atoms with Gasteiger partial charge in [-0.2, -0.15) is 5.10 Å². The van der Waals surface area contributed by atoms with E-state index in [1.165, 1.54) is 6.20 Å². The molecular formula is C25H25N5O5. The number of amides is 2. The molecule has 180 valence electrons. The number of nitrogens with zero attached hydrogens (tertiary/aromatic N) is 3. The van der Waals surface area contributed by atoms with Crippen molar-refractivity contribution in [1.82, 2.24) is 14.8 Å². The van der Waals surface area contributed by atoms with Gasteiger partial charge in [0.15, 0.2) is 5.65 Å². The zero-order chi connectivity index (χ0) is 24.8. The molecule has 0 fully saturated rings. The van der Waals surface area contributed by atoms with Crippen molar-refractivity contribution < 1.29 is 23.8 Å². The average molecular weight is 476 g/mol. The van der Waals surface area contributed by atoms with E-state index in [1.54, 1.807) is 55.4 Å². The number of benzene rings is 2.